The summed E-state index contributed by atoms with van der Waals surface area (Å²) < 4.78 is 0. The molecule has 0 saturated carbocycles. The van der Waals surface area contributed by atoms with Crippen molar-refractivity contribution in [1.82, 2.24) is 4.98 Å². The highest BCUT2D eigenvalue weighted by Crippen LogP contribution is 2.30. The maximum absolute atomic E-state index is 12.6. The number of thiazole rings is 1. The molecule has 5 nitrogen and oxygen atoms in total. The Bertz CT molecular complexity index is 816. The Morgan fingerprint density at radius 2 is 1.75 bits per heavy atom. The van der Waals surface area contributed by atoms with Gasteiger partial charge in [-0.25, -0.2) is 9.78 Å². The maximum Gasteiger partial charge on any atom is 0.336 e. The number of carboxylic acid groups (broad SMARTS) is 1. The fourth-order valence-corrected chi connectivity index (χ4v) is 3.34. The number of aryl methyl sites for hydroxylation is 3. The summed E-state index contributed by atoms with van der Waals surface area (Å²) in [5.41, 5.74) is 2.75. The van der Waals surface area contributed by atoms with E-state index in [1.165, 1.54) is 17.4 Å². The third-order valence-corrected chi connectivity index (χ3v) is 5.28. The number of carbonyl (C=O) groups is 2. The van der Waals surface area contributed by atoms with Gasteiger partial charge in [0, 0.05) is 11.1 Å². The van der Waals surface area contributed by atoms with Gasteiger partial charge in [-0.3, -0.25) is 4.79 Å². The minimum atomic E-state index is -1.01. The van der Waals surface area contributed by atoms with Gasteiger partial charge in [-0.1, -0.05) is 26.8 Å². The predicted octanol–water partition coefficient (Wildman–Crippen LogP) is 4.32. The van der Waals surface area contributed by atoms with E-state index in [2.05, 4.69) is 31.1 Å². The molecule has 6 heteroatoms. The molecule has 2 aromatic rings. The van der Waals surface area contributed by atoms with Crippen LogP contribution in [0.5, 0.6) is 0 Å². The molecule has 1 aromatic heterocycles. The van der Waals surface area contributed by atoms with E-state index in [-0.39, 0.29) is 16.9 Å². The Balaban J connectivity index is 2.36. The molecule has 1 heterocycles. The lowest BCUT2D eigenvalue weighted by Crippen LogP contribution is -2.14. The summed E-state index contributed by atoms with van der Waals surface area (Å²) in [7, 11) is 0. The van der Waals surface area contributed by atoms with Crippen molar-refractivity contribution in [2.24, 2.45) is 0 Å². The van der Waals surface area contributed by atoms with Crippen LogP contribution in [0.3, 0.4) is 0 Å². The zero-order chi connectivity index (χ0) is 18.2. The molecule has 0 atom stereocenters. The lowest BCUT2D eigenvalue weighted by atomic mass is 9.98. The molecular weight excluding hydrogens is 324 g/mol. The van der Waals surface area contributed by atoms with Crippen molar-refractivity contribution < 1.29 is 14.7 Å². The highest BCUT2D eigenvalue weighted by atomic mass is 32.1. The number of aromatic nitrogens is 1. The van der Waals surface area contributed by atoms with E-state index in [9.17, 15) is 14.7 Å². The van der Waals surface area contributed by atoms with Crippen LogP contribution in [0.25, 0.3) is 0 Å². The van der Waals surface area contributed by atoms with Crippen LogP contribution in [0.15, 0.2) is 12.1 Å². The van der Waals surface area contributed by atoms with Crippen molar-refractivity contribution >= 4 is 28.9 Å². The number of anilines is 1. The summed E-state index contributed by atoms with van der Waals surface area (Å²) in [4.78, 5) is 28.9. The van der Waals surface area contributed by atoms with Crippen molar-refractivity contribution in [3.05, 3.63) is 44.4 Å². The van der Waals surface area contributed by atoms with Gasteiger partial charge in [0.2, 0.25) is 0 Å². The highest BCUT2D eigenvalue weighted by molar-refractivity contribution is 7.14. The second-order valence-electron chi connectivity index (χ2n) is 6.92. The monoisotopic (exact) mass is 346 g/mol. The first-order valence-corrected chi connectivity index (χ1v) is 8.46. The quantitative estimate of drug-likeness (QED) is 0.867. The molecule has 0 saturated heterocycles. The van der Waals surface area contributed by atoms with Gasteiger partial charge < -0.3 is 10.4 Å². The number of hydrogen-bond acceptors (Lipinski definition) is 4. The zero-order valence-corrected chi connectivity index (χ0v) is 15.6. The molecule has 2 rings (SSSR count). The second kappa shape index (κ2) is 6.36. The van der Waals surface area contributed by atoms with Crippen LogP contribution < -0.4 is 5.32 Å². The standard InChI is InChI=1S/C18H22N2O3S/c1-9-7-10(2)13(8-12(9)16(22)23)20-15(21)14-11(3)19-17(24-14)18(4,5)6/h7-8H,1-6H3,(H,20,21)(H,22,23). The van der Waals surface area contributed by atoms with Gasteiger partial charge in [-0.2, -0.15) is 0 Å². The number of carbonyl (C=O) groups excluding carboxylic acids is 1. The largest absolute Gasteiger partial charge is 0.478 e. The van der Waals surface area contributed by atoms with Gasteiger partial charge in [-0.15, -0.1) is 11.3 Å². The minimum Gasteiger partial charge on any atom is -0.478 e. The Morgan fingerprint density at radius 3 is 2.25 bits per heavy atom. The predicted molar refractivity (Wildman–Crippen MR) is 96.4 cm³/mol. The number of hydrogen-bond donors (Lipinski definition) is 2. The van der Waals surface area contributed by atoms with Crippen molar-refractivity contribution in [1.29, 1.82) is 0 Å². The van der Waals surface area contributed by atoms with Gasteiger partial charge >= 0.3 is 5.97 Å². The topological polar surface area (TPSA) is 79.3 Å². The SMILES string of the molecule is Cc1cc(C)c(C(=O)O)cc1NC(=O)c1sc(C(C)(C)C)nc1C. The van der Waals surface area contributed by atoms with Crippen LogP contribution in [-0.4, -0.2) is 22.0 Å². The van der Waals surface area contributed by atoms with Gasteiger partial charge in [0.15, 0.2) is 0 Å². The average molecular weight is 346 g/mol. The molecule has 2 N–H and O–H groups in total. The van der Waals surface area contributed by atoms with E-state index in [0.717, 1.165) is 10.6 Å². The van der Waals surface area contributed by atoms with E-state index in [1.54, 1.807) is 13.0 Å². The summed E-state index contributed by atoms with van der Waals surface area (Å²) in [6.07, 6.45) is 0. The lowest BCUT2D eigenvalue weighted by Gasteiger charge is -2.13. The minimum absolute atomic E-state index is 0.121. The van der Waals surface area contributed by atoms with E-state index in [4.69, 9.17) is 0 Å². The number of aromatic carboxylic acids is 1. The fourth-order valence-electron chi connectivity index (χ4n) is 2.32. The number of nitrogens with zero attached hydrogens (tertiary/aromatic N) is 1. The normalized spacial score (nSPS) is 11.4. The molecule has 0 spiro atoms. The summed E-state index contributed by atoms with van der Waals surface area (Å²) in [5, 5.41) is 13.0. The molecule has 0 radical (unpaired) electrons. The molecule has 0 fully saturated rings. The first kappa shape index (κ1) is 18.1. The summed E-state index contributed by atoms with van der Waals surface area (Å²) >= 11 is 1.37. The average Bonchev–Trinajstić information content (AvgIpc) is 2.83. The van der Waals surface area contributed by atoms with Gasteiger partial charge in [0.05, 0.1) is 16.3 Å². The number of carboxylic acids is 1. The summed E-state index contributed by atoms with van der Waals surface area (Å²) in [6, 6.07) is 3.27. The lowest BCUT2D eigenvalue weighted by molar-refractivity contribution is 0.0695. The maximum atomic E-state index is 12.6. The third kappa shape index (κ3) is 3.64. The first-order valence-electron chi connectivity index (χ1n) is 7.64. The summed E-state index contributed by atoms with van der Waals surface area (Å²) in [5.74, 6) is -1.27. The molecule has 1 aromatic carbocycles. The third-order valence-electron chi connectivity index (χ3n) is 3.69. The smallest absolute Gasteiger partial charge is 0.336 e. The first-order chi connectivity index (χ1) is 11.0. The summed E-state index contributed by atoms with van der Waals surface area (Å²) in [6.45, 7) is 11.5. The number of benzene rings is 1. The zero-order valence-electron chi connectivity index (χ0n) is 14.8. The van der Waals surface area contributed by atoms with Gasteiger partial charge in [0.25, 0.3) is 5.91 Å². The molecule has 0 unspecified atom stereocenters. The highest BCUT2D eigenvalue weighted by Gasteiger charge is 2.23. The Morgan fingerprint density at radius 1 is 1.12 bits per heavy atom. The Kier molecular flexibility index (Phi) is 4.80. The van der Waals surface area contributed by atoms with Crippen molar-refractivity contribution in [3.63, 3.8) is 0 Å². The van der Waals surface area contributed by atoms with Crippen LogP contribution in [0.2, 0.25) is 0 Å². The van der Waals surface area contributed by atoms with Crippen LogP contribution in [0.4, 0.5) is 5.69 Å². The molecule has 0 aliphatic heterocycles. The van der Waals surface area contributed by atoms with Crippen molar-refractivity contribution in [3.8, 4) is 0 Å². The van der Waals surface area contributed by atoms with E-state index in [0.29, 0.717) is 21.8 Å². The number of amides is 1. The second-order valence-corrected chi connectivity index (χ2v) is 7.92. The number of nitrogens with one attached hydrogen (secondary N) is 1. The van der Waals surface area contributed by atoms with Gasteiger partial charge in [0.1, 0.15) is 4.88 Å². The van der Waals surface area contributed by atoms with E-state index < -0.39 is 5.97 Å². The molecule has 0 aliphatic carbocycles. The molecule has 0 bridgehead atoms. The molecule has 128 valence electrons. The Hall–Kier alpha value is -2.21. The number of rotatable bonds is 3. The van der Waals surface area contributed by atoms with Crippen LogP contribution in [-0.2, 0) is 5.41 Å². The van der Waals surface area contributed by atoms with Crippen molar-refractivity contribution in [2.45, 2.75) is 47.0 Å². The Labute approximate surface area is 145 Å². The van der Waals surface area contributed by atoms with Crippen LogP contribution >= 0.6 is 11.3 Å². The molecule has 0 aliphatic rings. The molecular formula is C18H22N2O3S. The van der Waals surface area contributed by atoms with Gasteiger partial charge in [-0.05, 0) is 38.0 Å². The van der Waals surface area contributed by atoms with Crippen molar-refractivity contribution in [2.75, 3.05) is 5.32 Å². The van der Waals surface area contributed by atoms with Crippen LogP contribution in [0.1, 0.15) is 62.6 Å². The molecule has 1 amide bonds. The molecule has 24 heavy (non-hydrogen) atoms. The van der Waals surface area contributed by atoms with E-state index >= 15 is 0 Å². The fraction of sp³-hybridized carbons (Fsp3) is 0.389. The van der Waals surface area contributed by atoms with Crippen LogP contribution in [0, 0.1) is 20.8 Å². The van der Waals surface area contributed by atoms with E-state index in [1.807, 2.05) is 13.8 Å².